The fourth-order valence-corrected chi connectivity index (χ4v) is 4.95. The van der Waals surface area contributed by atoms with E-state index in [0.717, 1.165) is 66.4 Å². The minimum absolute atomic E-state index is 0.751. The average Bonchev–Trinajstić information content (AvgIpc) is 2.95. The molecular weight excluding hydrogens is 496 g/mol. The van der Waals surface area contributed by atoms with Crippen molar-refractivity contribution in [1.82, 2.24) is 0 Å². The Hall–Kier alpha value is -2.13. The Balaban J connectivity index is 1.94. The molecule has 2 rings (SSSR count). The summed E-state index contributed by atoms with van der Waals surface area (Å²) in [7, 11) is 0. The van der Waals surface area contributed by atoms with Gasteiger partial charge in [0.2, 0.25) is 0 Å². The second-order valence-electron chi connectivity index (χ2n) is 10.8. The van der Waals surface area contributed by atoms with Crippen molar-refractivity contribution in [3.05, 3.63) is 65.2 Å². The molecule has 39 heavy (non-hydrogen) atoms. The zero-order chi connectivity index (χ0) is 28.0. The summed E-state index contributed by atoms with van der Waals surface area (Å²) >= 11 is 5.72. The van der Waals surface area contributed by atoms with E-state index in [1.165, 1.54) is 82.6 Å². The third-order valence-electron chi connectivity index (χ3n) is 7.14. The summed E-state index contributed by atoms with van der Waals surface area (Å²) in [6.07, 6.45) is 24.3. The van der Waals surface area contributed by atoms with Crippen LogP contribution in [0.1, 0.15) is 134 Å². The number of benzene rings is 2. The van der Waals surface area contributed by atoms with E-state index in [4.69, 9.17) is 21.7 Å². The number of thiocarbonyl (C=S) groups is 1. The van der Waals surface area contributed by atoms with E-state index in [1.54, 1.807) is 0 Å². The lowest BCUT2D eigenvalue weighted by molar-refractivity contribution is 0.289. The summed E-state index contributed by atoms with van der Waals surface area (Å²) in [6.45, 7) is 8.24. The van der Waals surface area contributed by atoms with E-state index in [-0.39, 0.29) is 0 Å². The fourth-order valence-electron chi connectivity index (χ4n) is 4.75. The van der Waals surface area contributed by atoms with Crippen LogP contribution in [-0.2, 0) is 6.42 Å². The highest BCUT2D eigenvalue weighted by Crippen LogP contribution is 2.25. The first-order chi connectivity index (χ1) is 19.2. The lowest BCUT2D eigenvalue weighted by Gasteiger charge is -2.12. The summed E-state index contributed by atoms with van der Waals surface area (Å²) in [5, 5.41) is 0. The standard InChI is InChI=1S/C36H54O2S/c1-4-7-9-11-13-15-17-26-37-34-28-32(22-25-36(39)33-23-20-31(19-6-3)21-24-33)29-35(30-34)38-27-18-16-14-12-10-8-5-2/h20-25,28-30H,4-19,26-27H2,1-3H3. The van der Waals surface area contributed by atoms with Gasteiger partial charge in [0, 0.05) is 10.9 Å². The maximum atomic E-state index is 6.18. The molecule has 0 saturated carbocycles. The molecule has 0 aliphatic carbocycles. The molecule has 2 aromatic rings. The van der Waals surface area contributed by atoms with Crippen molar-refractivity contribution in [3.63, 3.8) is 0 Å². The van der Waals surface area contributed by atoms with Gasteiger partial charge in [-0.05, 0) is 54.2 Å². The smallest absolute Gasteiger partial charge is 0.123 e. The van der Waals surface area contributed by atoms with Crippen molar-refractivity contribution in [1.29, 1.82) is 0 Å². The molecule has 0 radical (unpaired) electrons. The second-order valence-corrected chi connectivity index (χ2v) is 11.3. The van der Waals surface area contributed by atoms with Gasteiger partial charge in [-0.25, -0.2) is 0 Å². The van der Waals surface area contributed by atoms with Gasteiger partial charge >= 0.3 is 0 Å². The molecule has 2 nitrogen and oxygen atoms in total. The zero-order valence-electron chi connectivity index (χ0n) is 25.1. The molecule has 0 saturated heterocycles. The van der Waals surface area contributed by atoms with Crippen molar-refractivity contribution >= 4 is 23.2 Å². The number of allylic oxidation sites excluding steroid dienone is 1. The number of aryl methyl sites for hydroxylation is 1. The Morgan fingerprint density at radius 2 is 1.10 bits per heavy atom. The molecule has 0 heterocycles. The molecule has 0 unspecified atom stereocenters. The minimum atomic E-state index is 0.751. The maximum Gasteiger partial charge on any atom is 0.123 e. The minimum Gasteiger partial charge on any atom is -0.493 e. The third-order valence-corrected chi connectivity index (χ3v) is 7.51. The van der Waals surface area contributed by atoms with Crippen LogP contribution in [0.3, 0.4) is 0 Å². The molecule has 0 spiro atoms. The van der Waals surface area contributed by atoms with Gasteiger partial charge in [-0.2, -0.15) is 0 Å². The first kappa shape index (κ1) is 33.1. The summed E-state index contributed by atoms with van der Waals surface area (Å²) < 4.78 is 12.4. The Morgan fingerprint density at radius 1 is 0.615 bits per heavy atom. The largest absolute Gasteiger partial charge is 0.493 e. The van der Waals surface area contributed by atoms with Crippen LogP contribution in [0.2, 0.25) is 0 Å². The normalized spacial score (nSPS) is 11.3. The lowest BCUT2D eigenvalue weighted by atomic mass is 10.1. The van der Waals surface area contributed by atoms with E-state index in [2.05, 4.69) is 63.2 Å². The van der Waals surface area contributed by atoms with Crippen molar-refractivity contribution < 1.29 is 9.47 Å². The molecule has 216 valence electrons. The molecule has 0 aliphatic heterocycles. The van der Waals surface area contributed by atoms with Crippen LogP contribution in [0, 0.1) is 0 Å². The molecule has 3 heteroatoms. The molecule has 0 aromatic heterocycles. The molecule has 0 aliphatic rings. The predicted octanol–water partition coefficient (Wildman–Crippen LogP) is 11.3. The number of rotatable bonds is 23. The number of ether oxygens (including phenoxy) is 2. The molecule has 0 bridgehead atoms. The summed E-state index contributed by atoms with van der Waals surface area (Å²) in [5.41, 5.74) is 3.51. The van der Waals surface area contributed by atoms with E-state index in [1.807, 2.05) is 12.1 Å². The second kappa shape index (κ2) is 21.7. The van der Waals surface area contributed by atoms with Crippen molar-refractivity contribution in [2.75, 3.05) is 13.2 Å². The maximum absolute atomic E-state index is 6.18. The van der Waals surface area contributed by atoms with Crippen LogP contribution in [0.5, 0.6) is 11.5 Å². The van der Waals surface area contributed by atoms with Gasteiger partial charge in [-0.15, -0.1) is 0 Å². The van der Waals surface area contributed by atoms with Crippen LogP contribution >= 0.6 is 12.2 Å². The lowest BCUT2D eigenvalue weighted by Crippen LogP contribution is -2.01. The van der Waals surface area contributed by atoms with Crippen LogP contribution in [0.15, 0.2) is 48.5 Å². The summed E-state index contributed by atoms with van der Waals surface area (Å²) in [4.78, 5) is 0.845. The van der Waals surface area contributed by atoms with Crippen LogP contribution in [0.25, 0.3) is 6.08 Å². The highest BCUT2D eigenvalue weighted by molar-refractivity contribution is 7.81. The molecule has 0 amide bonds. The van der Waals surface area contributed by atoms with Gasteiger partial charge in [0.1, 0.15) is 11.5 Å². The van der Waals surface area contributed by atoms with Gasteiger partial charge in [0.05, 0.1) is 13.2 Å². The van der Waals surface area contributed by atoms with Crippen molar-refractivity contribution in [2.45, 2.75) is 124 Å². The monoisotopic (exact) mass is 550 g/mol. The first-order valence-corrected chi connectivity index (χ1v) is 16.3. The average molecular weight is 551 g/mol. The number of hydrogen-bond donors (Lipinski definition) is 0. The van der Waals surface area contributed by atoms with E-state index in [0.29, 0.717) is 0 Å². The summed E-state index contributed by atoms with van der Waals surface area (Å²) in [5.74, 6) is 1.76. The number of hydrogen-bond acceptors (Lipinski definition) is 3. The Morgan fingerprint density at radius 3 is 1.59 bits per heavy atom. The first-order valence-electron chi connectivity index (χ1n) is 15.9. The summed E-state index contributed by atoms with van der Waals surface area (Å²) in [6, 6.07) is 14.9. The molecule has 0 fully saturated rings. The molecule has 2 aromatic carbocycles. The zero-order valence-corrected chi connectivity index (χ0v) is 26.0. The van der Waals surface area contributed by atoms with Gasteiger partial charge in [0.25, 0.3) is 0 Å². The Kier molecular flexibility index (Phi) is 18.4. The number of unbranched alkanes of at least 4 members (excludes halogenated alkanes) is 12. The van der Waals surface area contributed by atoms with Crippen LogP contribution in [-0.4, -0.2) is 18.1 Å². The van der Waals surface area contributed by atoms with Crippen LogP contribution < -0.4 is 9.47 Å². The quantitative estimate of drug-likeness (QED) is 0.0593. The van der Waals surface area contributed by atoms with Gasteiger partial charge in [0.15, 0.2) is 0 Å². The van der Waals surface area contributed by atoms with Gasteiger partial charge in [-0.1, -0.05) is 147 Å². The Bertz CT molecular complexity index is 893. The van der Waals surface area contributed by atoms with E-state index >= 15 is 0 Å². The van der Waals surface area contributed by atoms with Crippen molar-refractivity contribution in [3.8, 4) is 11.5 Å². The Labute approximate surface area is 245 Å². The van der Waals surface area contributed by atoms with Crippen molar-refractivity contribution in [2.24, 2.45) is 0 Å². The van der Waals surface area contributed by atoms with Crippen LogP contribution in [0.4, 0.5) is 0 Å². The van der Waals surface area contributed by atoms with E-state index in [9.17, 15) is 0 Å². The third kappa shape index (κ3) is 15.3. The fraction of sp³-hybridized carbons (Fsp3) is 0.583. The highest BCUT2D eigenvalue weighted by Gasteiger charge is 2.04. The molecule has 0 N–H and O–H groups in total. The van der Waals surface area contributed by atoms with Gasteiger partial charge < -0.3 is 9.47 Å². The SMILES string of the molecule is CCCCCCCCCOc1cc(C=CC(=S)c2ccc(CCC)cc2)cc(OCCCCCCCCC)c1. The topological polar surface area (TPSA) is 18.5 Å². The van der Waals surface area contributed by atoms with E-state index < -0.39 is 0 Å². The molecule has 0 atom stereocenters. The predicted molar refractivity (Wildman–Crippen MR) is 175 cm³/mol. The highest BCUT2D eigenvalue weighted by atomic mass is 32.1. The van der Waals surface area contributed by atoms with Gasteiger partial charge in [-0.3, -0.25) is 0 Å². The molecular formula is C36H54O2S.